The zero-order valence-corrected chi connectivity index (χ0v) is 24.7. The summed E-state index contributed by atoms with van der Waals surface area (Å²) < 4.78 is 67.7. The highest BCUT2D eigenvalue weighted by Gasteiger charge is 2.29. The fourth-order valence-corrected chi connectivity index (χ4v) is 5.34. The quantitative estimate of drug-likeness (QED) is 0.384. The van der Waals surface area contributed by atoms with E-state index in [1.165, 1.54) is 18.2 Å². The molecule has 2 heterocycles. The summed E-state index contributed by atoms with van der Waals surface area (Å²) in [4.78, 5) is 33.3. The number of hydrogen-bond acceptors (Lipinski definition) is 6. The van der Waals surface area contributed by atoms with E-state index in [0.29, 0.717) is 42.6 Å². The average molecular weight is 631 g/mol. The Morgan fingerprint density at radius 1 is 0.884 bits per heavy atom. The summed E-state index contributed by atoms with van der Waals surface area (Å²) in [5.74, 6) is -3.75. The summed E-state index contributed by atoms with van der Waals surface area (Å²) in [5, 5.41) is 5.60. The number of piperazine rings is 2. The third kappa shape index (κ3) is 9.24. The number of carbonyl (C=O) groups excluding carboxylic acids is 2. The lowest BCUT2D eigenvalue weighted by Crippen LogP contribution is -2.49. The Hall–Kier alpha value is -3.00. The topological polar surface area (TPSA) is 71.2 Å². The molecule has 0 radical (unpaired) electrons. The molecule has 14 heteroatoms. The van der Waals surface area contributed by atoms with Crippen molar-refractivity contribution in [3.05, 3.63) is 58.1 Å². The van der Waals surface area contributed by atoms with Crippen LogP contribution in [0, 0.1) is 11.6 Å². The van der Waals surface area contributed by atoms with Crippen molar-refractivity contribution < 1.29 is 31.5 Å². The molecule has 0 aromatic heterocycles. The largest absolute Gasteiger partial charge is 0.390 e. The number of alkyl halides is 3. The summed E-state index contributed by atoms with van der Waals surface area (Å²) in [5.41, 5.74) is 0.217. The highest BCUT2D eigenvalue weighted by Crippen LogP contribution is 2.31. The summed E-state index contributed by atoms with van der Waals surface area (Å²) in [6, 6.07) is 7.10. The molecule has 0 bridgehead atoms. The molecule has 43 heavy (non-hydrogen) atoms. The third-order valence-electron chi connectivity index (χ3n) is 7.79. The molecule has 2 saturated heterocycles. The molecule has 2 aliphatic heterocycles. The molecular weight excluding hydrogens is 595 g/mol. The van der Waals surface area contributed by atoms with Gasteiger partial charge < -0.3 is 20.4 Å². The van der Waals surface area contributed by atoms with E-state index in [4.69, 9.17) is 11.6 Å². The minimum absolute atomic E-state index is 0.0891. The zero-order valence-electron chi connectivity index (χ0n) is 24.0. The number of benzene rings is 2. The smallest absolute Gasteiger partial charge is 0.367 e. The first-order chi connectivity index (χ1) is 20.4. The van der Waals surface area contributed by atoms with Gasteiger partial charge in [-0.05, 0) is 30.8 Å². The van der Waals surface area contributed by atoms with Crippen molar-refractivity contribution in [1.29, 1.82) is 0 Å². The Balaban J connectivity index is 1.35. The van der Waals surface area contributed by atoms with Crippen LogP contribution in [0.4, 0.5) is 33.3 Å². The lowest BCUT2D eigenvalue weighted by atomic mass is 10.1. The maximum atomic E-state index is 15.0. The normalized spacial score (nSPS) is 17.2. The van der Waals surface area contributed by atoms with E-state index < -0.39 is 35.7 Å². The van der Waals surface area contributed by atoms with Crippen LogP contribution in [-0.4, -0.2) is 105 Å². The predicted octanol–water partition coefficient (Wildman–Crippen LogP) is 4.20. The number of likely N-dealkylation sites (N-methyl/N-ethyl adjacent to an activating group) is 1. The number of nitrogens with zero attached hydrogens (tertiary/aromatic N) is 4. The molecule has 2 aromatic rings. The van der Waals surface area contributed by atoms with Crippen LogP contribution in [-0.2, 0) is 11.3 Å². The van der Waals surface area contributed by atoms with Crippen LogP contribution < -0.4 is 15.5 Å². The third-order valence-corrected chi connectivity index (χ3v) is 8.03. The van der Waals surface area contributed by atoms with Crippen LogP contribution in [0.25, 0.3) is 0 Å². The van der Waals surface area contributed by atoms with Crippen molar-refractivity contribution in [3.63, 3.8) is 0 Å². The van der Waals surface area contributed by atoms with Gasteiger partial charge in [-0.3, -0.25) is 19.4 Å². The highest BCUT2D eigenvalue weighted by atomic mass is 35.5. The molecule has 0 saturated carbocycles. The van der Waals surface area contributed by atoms with E-state index in [-0.39, 0.29) is 31.1 Å². The van der Waals surface area contributed by atoms with Gasteiger partial charge in [0.15, 0.2) is 11.6 Å². The maximum absolute atomic E-state index is 15.0. The van der Waals surface area contributed by atoms with E-state index in [1.54, 1.807) is 11.0 Å². The van der Waals surface area contributed by atoms with Crippen LogP contribution in [0.3, 0.4) is 0 Å². The van der Waals surface area contributed by atoms with Gasteiger partial charge in [0.2, 0.25) is 5.91 Å². The highest BCUT2D eigenvalue weighted by molar-refractivity contribution is 6.31. The van der Waals surface area contributed by atoms with Gasteiger partial charge in [0.25, 0.3) is 5.91 Å². The van der Waals surface area contributed by atoms with Crippen molar-refractivity contribution in [3.8, 4) is 0 Å². The molecule has 0 unspecified atom stereocenters. The fourth-order valence-electron chi connectivity index (χ4n) is 5.18. The molecular formula is C29H36ClF5N6O2. The van der Waals surface area contributed by atoms with Gasteiger partial charge >= 0.3 is 6.18 Å². The van der Waals surface area contributed by atoms with Crippen LogP contribution in [0.15, 0.2) is 30.3 Å². The van der Waals surface area contributed by atoms with Crippen molar-refractivity contribution >= 4 is 34.8 Å². The molecule has 236 valence electrons. The van der Waals surface area contributed by atoms with Gasteiger partial charge in [-0.25, -0.2) is 8.78 Å². The van der Waals surface area contributed by atoms with Gasteiger partial charge in [0.05, 0.1) is 29.9 Å². The van der Waals surface area contributed by atoms with E-state index >= 15 is 4.39 Å². The van der Waals surface area contributed by atoms with Gasteiger partial charge in [-0.2, -0.15) is 13.2 Å². The second-order valence-electron chi connectivity index (χ2n) is 10.7. The zero-order chi connectivity index (χ0) is 31.1. The Morgan fingerprint density at radius 3 is 2.19 bits per heavy atom. The predicted molar refractivity (Wildman–Crippen MR) is 155 cm³/mol. The number of carbonyl (C=O) groups is 2. The number of anilines is 2. The fraction of sp³-hybridized carbons (Fsp3) is 0.517. The van der Waals surface area contributed by atoms with Crippen molar-refractivity contribution in [2.45, 2.75) is 26.1 Å². The van der Waals surface area contributed by atoms with Crippen molar-refractivity contribution in [2.75, 3.05) is 82.2 Å². The molecule has 0 spiro atoms. The van der Waals surface area contributed by atoms with Crippen LogP contribution in [0.5, 0.6) is 0 Å². The number of halogens is 6. The number of nitrogens with one attached hydrogen (secondary N) is 2. The molecule has 0 aliphatic carbocycles. The van der Waals surface area contributed by atoms with Gasteiger partial charge in [-0.15, -0.1) is 0 Å². The van der Waals surface area contributed by atoms with E-state index in [1.807, 2.05) is 9.80 Å². The van der Waals surface area contributed by atoms with Crippen LogP contribution in [0.2, 0.25) is 5.02 Å². The second-order valence-corrected chi connectivity index (χ2v) is 11.1. The Bertz CT molecular complexity index is 1280. The van der Waals surface area contributed by atoms with Crippen LogP contribution >= 0.6 is 11.6 Å². The standard InChI is InChI=1S/C29H36ClF5N6O2/c1-2-38-9-11-40(12-10-38)19-25(42)36-18-20-3-5-22(27(32)26(20)31)28(43)37-23-6-4-21(30)17-24(23)41-15-13-39(14-16-41)8-7-29(33,34)35/h3-6,17H,2,7-16,18-19H2,1H3,(H,36,42)(H,37,43). The SMILES string of the molecule is CCN1CCN(CC(=O)NCc2ccc(C(=O)Nc3ccc(Cl)cc3N3CCN(CCC(F)(F)F)CC3)c(F)c2F)CC1. The second kappa shape index (κ2) is 14.7. The first-order valence-corrected chi connectivity index (χ1v) is 14.6. The van der Waals surface area contributed by atoms with Crippen molar-refractivity contribution in [2.24, 2.45) is 0 Å². The Labute approximate surface area is 252 Å². The molecule has 0 atom stereocenters. The summed E-state index contributed by atoms with van der Waals surface area (Å²) in [6.07, 6.45) is -5.12. The van der Waals surface area contributed by atoms with E-state index in [0.717, 1.165) is 38.8 Å². The molecule has 4 rings (SSSR count). The van der Waals surface area contributed by atoms with Gasteiger partial charge in [0.1, 0.15) is 0 Å². The van der Waals surface area contributed by atoms with Gasteiger partial charge in [-0.1, -0.05) is 24.6 Å². The first kappa shape index (κ1) is 32.9. The monoisotopic (exact) mass is 630 g/mol. The minimum atomic E-state index is -4.23. The molecule has 2 N–H and O–H groups in total. The van der Waals surface area contributed by atoms with Crippen molar-refractivity contribution in [1.82, 2.24) is 20.0 Å². The minimum Gasteiger partial charge on any atom is -0.367 e. The van der Waals surface area contributed by atoms with Gasteiger partial charge in [0, 0.05) is 76.0 Å². The molecule has 2 aliphatic rings. The number of rotatable bonds is 10. The molecule has 2 aromatic carbocycles. The van der Waals surface area contributed by atoms with E-state index in [9.17, 15) is 27.2 Å². The number of hydrogen-bond donors (Lipinski definition) is 2. The molecule has 2 fully saturated rings. The maximum Gasteiger partial charge on any atom is 0.390 e. The summed E-state index contributed by atoms with van der Waals surface area (Å²) in [7, 11) is 0. The lowest BCUT2D eigenvalue weighted by molar-refractivity contribution is -0.138. The van der Waals surface area contributed by atoms with Crippen LogP contribution in [0.1, 0.15) is 29.3 Å². The lowest BCUT2D eigenvalue weighted by Gasteiger charge is -2.37. The molecule has 8 nitrogen and oxygen atoms in total. The average Bonchev–Trinajstić information content (AvgIpc) is 2.98. The number of amides is 2. The summed E-state index contributed by atoms with van der Waals surface area (Å²) in [6.45, 7) is 7.64. The van der Waals surface area contributed by atoms with E-state index in [2.05, 4.69) is 22.5 Å². The molecule has 2 amide bonds. The first-order valence-electron chi connectivity index (χ1n) is 14.3. The summed E-state index contributed by atoms with van der Waals surface area (Å²) >= 11 is 6.18. The Kier molecular flexibility index (Phi) is 11.2. The Morgan fingerprint density at radius 2 is 1.53 bits per heavy atom.